The van der Waals surface area contributed by atoms with Crippen LogP contribution in [0.3, 0.4) is 0 Å². The molecule has 10 heteroatoms. The van der Waals surface area contributed by atoms with Gasteiger partial charge in [-0.15, -0.1) is 0 Å². The van der Waals surface area contributed by atoms with Gasteiger partial charge in [0.15, 0.2) is 11.3 Å². The topological polar surface area (TPSA) is 127 Å². The van der Waals surface area contributed by atoms with Gasteiger partial charge in [0, 0.05) is 45.8 Å². The standard InChI is InChI=1S/C24H24N6O4/c1-28-9-8-24(33,23(28)32)7-6-15-4-3-5-16(10-15)30-22-19(20(27-30)21(25)31)11-17(12-26-22)29-13-18(14-29)34-2/h3-5,10-12,18,33H,8-9,13-14H2,1-2H3,(H2,25,31)/t24-/m0/s1. The largest absolute Gasteiger partial charge is 0.378 e. The summed E-state index contributed by atoms with van der Waals surface area (Å²) in [5, 5.41) is 15.5. The van der Waals surface area contributed by atoms with Crippen LogP contribution in [0, 0.1) is 11.8 Å². The molecule has 2 saturated heterocycles. The van der Waals surface area contributed by atoms with Crippen LogP contribution < -0.4 is 10.6 Å². The van der Waals surface area contributed by atoms with E-state index in [0.717, 1.165) is 18.8 Å². The average molecular weight is 460 g/mol. The van der Waals surface area contributed by atoms with Crippen LogP contribution in [-0.4, -0.2) is 82.1 Å². The van der Waals surface area contributed by atoms with Gasteiger partial charge in [0.1, 0.15) is 0 Å². The van der Waals surface area contributed by atoms with E-state index in [-0.39, 0.29) is 18.2 Å². The Balaban J connectivity index is 1.51. The number of anilines is 1. The third-order valence-electron chi connectivity index (χ3n) is 6.30. The number of ether oxygens (including phenoxy) is 1. The zero-order valence-electron chi connectivity index (χ0n) is 18.9. The second kappa shape index (κ2) is 8.13. The number of methoxy groups -OCH3 is 1. The Labute approximate surface area is 195 Å². The maximum absolute atomic E-state index is 12.2. The number of benzene rings is 1. The number of amides is 2. The van der Waals surface area contributed by atoms with Crippen molar-refractivity contribution in [3.63, 3.8) is 0 Å². The number of hydrogen-bond donors (Lipinski definition) is 2. The highest BCUT2D eigenvalue weighted by molar-refractivity contribution is 6.04. The summed E-state index contributed by atoms with van der Waals surface area (Å²) in [6, 6.07) is 8.97. The number of hydrogen-bond acceptors (Lipinski definition) is 7. The Kier molecular flexibility index (Phi) is 5.23. The molecule has 0 aliphatic carbocycles. The zero-order valence-corrected chi connectivity index (χ0v) is 18.9. The number of carbonyl (C=O) groups is 2. The van der Waals surface area contributed by atoms with Gasteiger partial charge >= 0.3 is 0 Å². The molecule has 2 amide bonds. The first-order chi connectivity index (χ1) is 16.3. The molecule has 0 spiro atoms. The molecule has 0 saturated carbocycles. The molecule has 2 aliphatic rings. The van der Waals surface area contributed by atoms with Crippen molar-refractivity contribution in [1.29, 1.82) is 0 Å². The van der Waals surface area contributed by atoms with Crippen molar-refractivity contribution in [2.24, 2.45) is 5.73 Å². The quantitative estimate of drug-likeness (QED) is 0.536. The number of likely N-dealkylation sites (tertiary alicyclic amines) is 1. The van der Waals surface area contributed by atoms with Gasteiger partial charge in [-0.2, -0.15) is 5.10 Å². The molecule has 10 nitrogen and oxygen atoms in total. The van der Waals surface area contributed by atoms with E-state index >= 15 is 0 Å². The van der Waals surface area contributed by atoms with Gasteiger partial charge in [-0.25, -0.2) is 9.67 Å². The Morgan fingerprint density at radius 2 is 2.09 bits per heavy atom. The second-order valence-electron chi connectivity index (χ2n) is 8.59. The number of rotatable bonds is 4. The molecule has 3 aromatic rings. The Hall–Kier alpha value is -3.94. The molecule has 3 N–H and O–H groups in total. The molecular weight excluding hydrogens is 436 g/mol. The summed E-state index contributed by atoms with van der Waals surface area (Å²) < 4.78 is 6.87. The predicted octanol–water partition coefficient (Wildman–Crippen LogP) is 0.299. The minimum absolute atomic E-state index is 0.124. The van der Waals surface area contributed by atoms with Crippen LogP contribution in [0.25, 0.3) is 16.7 Å². The number of likely N-dealkylation sites (N-methyl/N-ethyl adjacent to an activating group) is 1. The van der Waals surface area contributed by atoms with E-state index in [1.165, 1.54) is 4.90 Å². The SMILES string of the molecule is COC1CN(c2cnc3c(c2)c(C(N)=O)nn3-c2cccc(C#C[C@]3(O)CCN(C)C3=O)c2)C1. The Morgan fingerprint density at radius 1 is 1.29 bits per heavy atom. The van der Waals surface area contributed by atoms with Crippen LogP contribution >= 0.6 is 0 Å². The van der Waals surface area contributed by atoms with Crippen LogP contribution in [0.5, 0.6) is 0 Å². The summed E-state index contributed by atoms with van der Waals surface area (Å²) in [4.78, 5) is 32.4. The number of fused-ring (bicyclic) bond motifs is 1. The van der Waals surface area contributed by atoms with Crippen LogP contribution in [0.4, 0.5) is 5.69 Å². The second-order valence-corrected chi connectivity index (χ2v) is 8.59. The average Bonchev–Trinajstić information content (AvgIpc) is 3.31. The maximum atomic E-state index is 12.2. The summed E-state index contributed by atoms with van der Waals surface area (Å²) in [6.07, 6.45) is 2.17. The van der Waals surface area contributed by atoms with Gasteiger partial charge in [0.25, 0.3) is 11.8 Å². The van der Waals surface area contributed by atoms with Crippen LogP contribution in [0.1, 0.15) is 22.5 Å². The summed E-state index contributed by atoms with van der Waals surface area (Å²) in [5.74, 6) is 4.56. The van der Waals surface area contributed by atoms with E-state index in [2.05, 4.69) is 26.8 Å². The predicted molar refractivity (Wildman–Crippen MR) is 124 cm³/mol. The molecular formula is C24H24N6O4. The van der Waals surface area contributed by atoms with Crippen molar-refractivity contribution < 1.29 is 19.4 Å². The number of carbonyl (C=O) groups excluding carboxylic acids is 2. The van der Waals surface area contributed by atoms with Crippen molar-refractivity contribution in [1.82, 2.24) is 19.7 Å². The van der Waals surface area contributed by atoms with E-state index in [1.807, 2.05) is 6.07 Å². The zero-order chi connectivity index (χ0) is 24.0. The molecule has 1 atom stereocenters. The van der Waals surface area contributed by atoms with Crippen LogP contribution in [-0.2, 0) is 9.53 Å². The first kappa shape index (κ1) is 21.9. The summed E-state index contributed by atoms with van der Waals surface area (Å²) in [6.45, 7) is 1.95. The third-order valence-corrected chi connectivity index (χ3v) is 6.30. The fourth-order valence-corrected chi connectivity index (χ4v) is 4.18. The van der Waals surface area contributed by atoms with Crippen LogP contribution in [0.2, 0.25) is 0 Å². The Bertz CT molecular complexity index is 1370. The molecule has 2 fully saturated rings. The number of aromatic nitrogens is 3. The van der Waals surface area contributed by atoms with Gasteiger partial charge in [-0.1, -0.05) is 17.9 Å². The van der Waals surface area contributed by atoms with Crippen molar-refractivity contribution in [2.45, 2.75) is 18.1 Å². The van der Waals surface area contributed by atoms with Crippen molar-refractivity contribution in [3.05, 3.63) is 47.8 Å². The fourth-order valence-electron chi connectivity index (χ4n) is 4.18. The van der Waals surface area contributed by atoms with E-state index < -0.39 is 17.4 Å². The molecule has 1 aromatic carbocycles. The lowest BCUT2D eigenvalue weighted by atomic mass is 10.0. The monoisotopic (exact) mass is 460 g/mol. The third kappa shape index (κ3) is 3.65. The highest BCUT2D eigenvalue weighted by Gasteiger charge is 2.42. The molecule has 2 aromatic heterocycles. The number of primary amides is 1. The van der Waals surface area contributed by atoms with Crippen molar-refractivity contribution in [2.75, 3.05) is 38.7 Å². The van der Waals surface area contributed by atoms with E-state index in [4.69, 9.17) is 10.5 Å². The first-order valence-corrected chi connectivity index (χ1v) is 10.9. The Morgan fingerprint density at radius 3 is 2.76 bits per heavy atom. The lowest BCUT2D eigenvalue weighted by Gasteiger charge is -2.39. The van der Waals surface area contributed by atoms with E-state index in [0.29, 0.717) is 28.8 Å². The van der Waals surface area contributed by atoms with Crippen molar-refractivity contribution >= 4 is 28.5 Å². The lowest BCUT2D eigenvalue weighted by molar-refractivity contribution is -0.137. The molecule has 0 bridgehead atoms. The van der Waals surface area contributed by atoms with Crippen LogP contribution in [0.15, 0.2) is 36.5 Å². The van der Waals surface area contributed by atoms with Gasteiger partial charge in [-0.05, 0) is 24.3 Å². The lowest BCUT2D eigenvalue weighted by Crippen LogP contribution is -2.51. The molecule has 2 aliphatic heterocycles. The minimum Gasteiger partial charge on any atom is -0.378 e. The van der Waals surface area contributed by atoms with Gasteiger partial charge in [0.2, 0.25) is 5.60 Å². The molecule has 5 rings (SSSR count). The number of nitrogens with zero attached hydrogens (tertiary/aromatic N) is 5. The summed E-state index contributed by atoms with van der Waals surface area (Å²) in [7, 11) is 3.32. The molecule has 34 heavy (non-hydrogen) atoms. The molecule has 174 valence electrons. The number of pyridine rings is 1. The maximum Gasteiger partial charge on any atom is 0.269 e. The highest BCUT2D eigenvalue weighted by atomic mass is 16.5. The minimum atomic E-state index is -1.68. The normalized spacial score (nSPS) is 20.4. The summed E-state index contributed by atoms with van der Waals surface area (Å²) in [5.41, 5.74) is 6.60. The van der Waals surface area contributed by atoms with Gasteiger partial charge in [-0.3, -0.25) is 9.59 Å². The van der Waals surface area contributed by atoms with E-state index in [9.17, 15) is 14.7 Å². The smallest absolute Gasteiger partial charge is 0.269 e. The fraction of sp³-hybridized carbons (Fsp3) is 0.333. The first-order valence-electron chi connectivity index (χ1n) is 10.9. The molecule has 4 heterocycles. The number of nitrogens with two attached hydrogens (primary N) is 1. The van der Waals surface area contributed by atoms with Gasteiger partial charge in [0.05, 0.1) is 29.1 Å². The molecule has 0 radical (unpaired) electrons. The summed E-state index contributed by atoms with van der Waals surface area (Å²) >= 11 is 0. The van der Waals surface area contributed by atoms with Gasteiger partial charge < -0.3 is 25.4 Å². The molecule has 0 unspecified atom stereocenters. The van der Waals surface area contributed by atoms with E-state index in [1.54, 1.807) is 49.3 Å². The van der Waals surface area contributed by atoms with Crippen molar-refractivity contribution in [3.8, 4) is 17.5 Å². The number of aliphatic hydroxyl groups is 1. The highest BCUT2D eigenvalue weighted by Crippen LogP contribution is 2.28.